The van der Waals surface area contributed by atoms with Crippen molar-refractivity contribution in [1.82, 2.24) is 5.32 Å². The molecule has 20 heavy (non-hydrogen) atoms. The smallest absolute Gasteiger partial charge is 0.407 e. The summed E-state index contributed by atoms with van der Waals surface area (Å²) in [5.41, 5.74) is 1.69. The number of phenolic OH excluding ortho intramolecular Hbond substituents is 1. The van der Waals surface area contributed by atoms with Gasteiger partial charge in [0.25, 0.3) is 0 Å². The number of ether oxygens (including phenoxy) is 1. The normalized spacial score (nSPS) is 18.2. The van der Waals surface area contributed by atoms with Crippen LogP contribution in [-0.2, 0) is 11.2 Å². The molecule has 0 spiro atoms. The summed E-state index contributed by atoms with van der Waals surface area (Å²) >= 11 is 0. The molecule has 0 saturated carbocycles. The molecule has 2 rings (SSSR count). The molecule has 0 saturated heterocycles. The predicted octanol–water partition coefficient (Wildman–Crippen LogP) is 3.34. The van der Waals surface area contributed by atoms with Crippen molar-refractivity contribution in [3.8, 4) is 5.75 Å². The van der Waals surface area contributed by atoms with Gasteiger partial charge >= 0.3 is 6.09 Å². The number of carbonyl (C=O) groups excluding carboxylic acids is 1. The molecule has 0 heterocycles. The van der Waals surface area contributed by atoms with E-state index in [1.807, 2.05) is 32.9 Å². The zero-order valence-electron chi connectivity index (χ0n) is 12.4. The number of fused-ring (bicyclic) bond motifs is 1. The lowest BCUT2D eigenvalue weighted by molar-refractivity contribution is 0.0523. The molecule has 110 valence electrons. The maximum atomic E-state index is 11.7. The van der Waals surface area contributed by atoms with Crippen molar-refractivity contribution in [2.24, 2.45) is 0 Å². The Morgan fingerprint density at radius 3 is 2.90 bits per heavy atom. The molecule has 4 heteroatoms. The third-order valence-electron chi connectivity index (χ3n) is 3.50. The van der Waals surface area contributed by atoms with Crippen molar-refractivity contribution in [2.75, 3.05) is 6.54 Å². The second-order valence-corrected chi connectivity index (χ2v) is 6.32. The van der Waals surface area contributed by atoms with Crippen molar-refractivity contribution in [3.05, 3.63) is 29.3 Å². The van der Waals surface area contributed by atoms with E-state index < -0.39 is 5.60 Å². The summed E-state index contributed by atoms with van der Waals surface area (Å²) < 4.78 is 5.24. The molecule has 1 atom stereocenters. The van der Waals surface area contributed by atoms with Crippen LogP contribution in [-0.4, -0.2) is 23.3 Å². The van der Waals surface area contributed by atoms with Crippen molar-refractivity contribution in [3.63, 3.8) is 0 Å². The Morgan fingerprint density at radius 2 is 2.20 bits per heavy atom. The molecule has 1 unspecified atom stereocenters. The second-order valence-electron chi connectivity index (χ2n) is 6.32. The Morgan fingerprint density at radius 1 is 1.45 bits per heavy atom. The summed E-state index contributed by atoms with van der Waals surface area (Å²) in [4.78, 5) is 11.7. The third-order valence-corrected chi connectivity index (χ3v) is 3.50. The number of nitrogens with one attached hydrogen (secondary N) is 1. The number of benzene rings is 1. The van der Waals surface area contributed by atoms with E-state index >= 15 is 0 Å². The average molecular weight is 277 g/mol. The van der Waals surface area contributed by atoms with E-state index in [9.17, 15) is 9.90 Å². The predicted molar refractivity (Wildman–Crippen MR) is 78.0 cm³/mol. The van der Waals surface area contributed by atoms with Crippen LogP contribution in [0.25, 0.3) is 0 Å². The number of hydrogen-bond donors (Lipinski definition) is 2. The summed E-state index contributed by atoms with van der Waals surface area (Å²) in [6.45, 7) is 6.09. The molecule has 0 fully saturated rings. The van der Waals surface area contributed by atoms with Crippen LogP contribution in [0.5, 0.6) is 5.75 Å². The Bertz CT molecular complexity index is 491. The first-order valence-corrected chi connectivity index (χ1v) is 7.14. The van der Waals surface area contributed by atoms with Gasteiger partial charge in [-0.3, -0.25) is 0 Å². The van der Waals surface area contributed by atoms with E-state index in [1.165, 1.54) is 0 Å². The average Bonchev–Trinajstić information content (AvgIpc) is 2.35. The van der Waals surface area contributed by atoms with Gasteiger partial charge in [-0.1, -0.05) is 12.1 Å². The van der Waals surface area contributed by atoms with Gasteiger partial charge in [0, 0.05) is 12.5 Å². The van der Waals surface area contributed by atoms with Gasteiger partial charge in [-0.15, -0.1) is 0 Å². The van der Waals surface area contributed by atoms with Gasteiger partial charge in [0.05, 0.1) is 0 Å². The van der Waals surface area contributed by atoms with Gasteiger partial charge in [-0.25, -0.2) is 4.79 Å². The van der Waals surface area contributed by atoms with E-state index in [0.717, 1.165) is 30.4 Å². The Balaban J connectivity index is 1.99. The van der Waals surface area contributed by atoms with Gasteiger partial charge in [0.1, 0.15) is 11.4 Å². The van der Waals surface area contributed by atoms with Crippen LogP contribution in [0.4, 0.5) is 4.79 Å². The van der Waals surface area contributed by atoms with E-state index in [2.05, 4.69) is 5.32 Å². The number of hydrogen-bond acceptors (Lipinski definition) is 3. The molecule has 0 aliphatic heterocycles. The minimum absolute atomic E-state index is 0.248. The van der Waals surface area contributed by atoms with E-state index in [-0.39, 0.29) is 12.0 Å². The largest absolute Gasteiger partial charge is 0.508 e. The summed E-state index contributed by atoms with van der Waals surface area (Å²) in [6.07, 6.45) is 2.58. The van der Waals surface area contributed by atoms with Crippen molar-refractivity contribution >= 4 is 6.09 Å². The summed E-state index contributed by atoms with van der Waals surface area (Å²) in [6, 6.07) is 5.62. The lowest BCUT2D eigenvalue weighted by Gasteiger charge is -2.27. The van der Waals surface area contributed by atoms with E-state index in [0.29, 0.717) is 12.3 Å². The number of aromatic hydroxyl groups is 1. The molecule has 4 nitrogen and oxygen atoms in total. The molecule has 2 N–H and O–H groups in total. The third kappa shape index (κ3) is 3.65. The molecule has 0 aromatic heterocycles. The minimum atomic E-state index is -0.479. The first kappa shape index (κ1) is 14.7. The number of carbonyl (C=O) groups is 1. The maximum Gasteiger partial charge on any atom is 0.407 e. The number of rotatable bonds is 2. The highest BCUT2D eigenvalue weighted by atomic mass is 16.6. The van der Waals surface area contributed by atoms with Gasteiger partial charge in [-0.2, -0.15) is 0 Å². The van der Waals surface area contributed by atoms with Crippen LogP contribution in [0.3, 0.4) is 0 Å². The number of amides is 1. The van der Waals surface area contributed by atoms with Crippen LogP contribution < -0.4 is 5.32 Å². The van der Waals surface area contributed by atoms with E-state index in [4.69, 9.17) is 4.74 Å². The molecule has 1 aliphatic carbocycles. The molecule has 0 bridgehead atoms. The molecule has 0 radical (unpaired) electrons. The first-order chi connectivity index (χ1) is 9.37. The SMILES string of the molecule is CC(C)(C)OC(=O)NCC1CCCc2c(O)cccc21. The van der Waals surface area contributed by atoms with Crippen molar-refractivity contribution < 1.29 is 14.6 Å². The van der Waals surface area contributed by atoms with Crippen molar-refractivity contribution in [1.29, 1.82) is 0 Å². The lowest BCUT2D eigenvalue weighted by Crippen LogP contribution is -2.35. The zero-order valence-corrected chi connectivity index (χ0v) is 12.4. The fourth-order valence-electron chi connectivity index (χ4n) is 2.66. The Kier molecular flexibility index (Phi) is 4.21. The van der Waals surface area contributed by atoms with Crippen LogP contribution in [0.2, 0.25) is 0 Å². The maximum absolute atomic E-state index is 11.7. The highest BCUT2D eigenvalue weighted by Crippen LogP contribution is 2.35. The quantitative estimate of drug-likeness (QED) is 0.871. The Hall–Kier alpha value is -1.71. The monoisotopic (exact) mass is 277 g/mol. The van der Waals surface area contributed by atoms with Gasteiger partial charge in [0.15, 0.2) is 0 Å². The summed E-state index contributed by atoms with van der Waals surface area (Å²) in [7, 11) is 0. The molecular weight excluding hydrogens is 254 g/mol. The highest BCUT2D eigenvalue weighted by molar-refractivity contribution is 5.67. The number of alkyl carbamates (subject to hydrolysis) is 1. The van der Waals surface area contributed by atoms with Crippen LogP contribution in [0.1, 0.15) is 50.7 Å². The molecular formula is C16H23NO3. The van der Waals surface area contributed by atoms with Crippen molar-refractivity contribution in [2.45, 2.75) is 51.6 Å². The van der Waals surface area contributed by atoms with Gasteiger partial charge in [0.2, 0.25) is 0 Å². The topological polar surface area (TPSA) is 58.6 Å². The molecule has 1 aliphatic rings. The van der Waals surface area contributed by atoms with Crippen LogP contribution in [0, 0.1) is 0 Å². The standard InChI is InChI=1S/C16H23NO3/c1-16(2,3)20-15(19)17-10-11-6-4-8-13-12(11)7-5-9-14(13)18/h5,7,9,11,18H,4,6,8,10H2,1-3H3,(H,17,19). The second kappa shape index (κ2) is 5.73. The fraction of sp³-hybridized carbons (Fsp3) is 0.562. The fourth-order valence-corrected chi connectivity index (χ4v) is 2.66. The first-order valence-electron chi connectivity index (χ1n) is 7.14. The van der Waals surface area contributed by atoms with Crippen LogP contribution >= 0.6 is 0 Å². The van der Waals surface area contributed by atoms with Gasteiger partial charge in [-0.05, 0) is 57.2 Å². The van der Waals surface area contributed by atoms with Crippen LogP contribution in [0.15, 0.2) is 18.2 Å². The minimum Gasteiger partial charge on any atom is -0.508 e. The zero-order chi connectivity index (χ0) is 14.8. The van der Waals surface area contributed by atoms with E-state index in [1.54, 1.807) is 6.07 Å². The highest BCUT2D eigenvalue weighted by Gasteiger charge is 2.23. The Labute approximate surface area is 120 Å². The number of phenols is 1. The molecule has 1 aromatic carbocycles. The lowest BCUT2D eigenvalue weighted by atomic mass is 9.82. The molecule has 1 amide bonds. The van der Waals surface area contributed by atoms with Gasteiger partial charge < -0.3 is 15.2 Å². The summed E-state index contributed by atoms with van der Waals surface area (Å²) in [5, 5.41) is 12.7. The summed E-state index contributed by atoms with van der Waals surface area (Å²) in [5.74, 6) is 0.614. The molecule has 1 aromatic rings.